The van der Waals surface area contributed by atoms with Gasteiger partial charge >= 0.3 is 0 Å². The van der Waals surface area contributed by atoms with E-state index in [1.807, 2.05) is 60.8 Å². The summed E-state index contributed by atoms with van der Waals surface area (Å²) in [5, 5.41) is 4.11. The Morgan fingerprint density at radius 3 is 2.38 bits per heavy atom. The number of allylic oxidation sites excluding steroid dienone is 1. The zero-order valence-electron chi connectivity index (χ0n) is 19.2. The fourth-order valence-electron chi connectivity index (χ4n) is 4.31. The Bertz CT molecular complexity index is 1150. The van der Waals surface area contributed by atoms with Crippen molar-refractivity contribution >= 4 is 46.1 Å². The Labute approximate surface area is 196 Å². The highest BCUT2D eigenvalue weighted by atomic mass is 35.5. The normalized spacial score (nSPS) is 14.9. The quantitative estimate of drug-likeness (QED) is 0.388. The molecule has 0 aromatic heterocycles. The summed E-state index contributed by atoms with van der Waals surface area (Å²) in [6.45, 7) is 9.90. The van der Waals surface area contributed by atoms with Gasteiger partial charge in [0.2, 0.25) is 0 Å². The lowest BCUT2D eigenvalue weighted by Gasteiger charge is -2.43. The first-order chi connectivity index (χ1) is 15.4. The van der Waals surface area contributed by atoms with Crippen molar-refractivity contribution in [2.75, 3.05) is 16.8 Å². The molecule has 3 aromatic carbocycles. The molecule has 1 aliphatic rings. The molecule has 1 heterocycles. The van der Waals surface area contributed by atoms with E-state index in [9.17, 15) is 0 Å². The lowest BCUT2D eigenvalue weighted by molar-refractivity contribution is 0.550. The molecule has 4 heteroatoms. The smallest absolute Gasteiger partial charge is 0.0631 e. The van der Waals surface area contributed by atoms with Gasteiger partial charge in [0.1, 0.15) is 0 Å². The van der Waals surface area contributed by atoms with E-state index < -0.39 is 0 Å². The van der Waals surface area contributed by atoms with E-state index >= 15 is 0 Å². The Kier molecular flexibility index (Phi) is 6.38. The monoisotopic (exact) mass is 443 g/mol. The van der Waals surface area contributed by atoms with Crippen LogP contribution in [0.4, 0.5) is 22.7 Å². The number of hydrogen-bond donors (Lipinski definition) is 1. The van der Waals surface area contributed by atoms with Gasteiger partial charge in [-0.05, 0) is 81.3 Å². The molecule has 3 aromatic rings. The van der Waals surface area contributed by atoms with Gasteiger partial charge in [0.25, 0.3) is 0 Å². The van der Waals surface area contributed by atoms with Crippen molar-refractivity contribution in [2.24, 2.45) is 4.99 Å². The number of aliphatic imine (C=N–C) groups is 1. The van der Waals surface area contributed by atoms with Crippen LogP contribution in [0.15, 0.2) is 77.8 Å². The minimum absolute atomic E-state index is 0.0262. The zero-order chi connectivity index (χ0) is 22.7. The first kappa shape index (κ1) is 22.2. The number of anilines is 3. The van der Waals surface area contributed by atoms with E-state index in [1.54, 1.807) is 0 Å². The number of rotatable bonds is 6. The summed E-state index contributed by atoms with van der Waals surface area (Å²) in [7, 11) is 0. The average molecular weight is 444 g/mol. The minimum Gasteiger partial charge on any atom is -0.362 e. The fraction of sp³-hybridized carbons (Fsp3) is 0.250. The van der Waals surface area contributed by atoms with E-state index in [-0.39, 0.29) is 5.54 Å². The van der Waals surface area contributed by atoms with E-state index in [0.717, 1.165) is 40.6 Å². The number of benzene rings is 3. The maximum atomic E-state index is 6.70. The Hall–Kier alpha value is -3.04. The van der Waals surface area contributed by atoms with Crippen molar-refractivity contribution in [3.05, 3.63) is 89.0 Å². The molecular formula is C28H30ClN3. The highest BCUT2D eigenvalue weighted by molar-refractivity contribution is 6.33. The molecule has 32 heavy (non-hydrogen) atoms. The van der Waals surface area contributed by atoms with Crippen molar-refractivity contribution < 1.29 is 0 Å². The number of halogens is 1. The van der Waals surface area contributed by atoms with E-state index in [1.165, 1.54) is 16.8 Å². The van der Waals surface area contributed by atoms with Crippen molar-refractivity contribution in [2.45, 2.75) is 39.7 Å². The van der Waals surface area contributed by atoms with Crippen LogP contribution in [-0.4, -0.2) is 18.3 Å². The fourth-order valence-corrected chi connectivity index (χ4v) is 4.52. The largest absolute Gasteiger partial charge is 0.362 e. The van der Waals surface area contributed by atoms with Gasteiger partial charge in [0.15, 0.2) is 0 Å². The molecule has 0 aliphatic carbocycles. The molecule has 0 fully saturated rings. The Morgan fingerprint density at radius 2 is 1.69 bits per heavy atom. The van der Waals surface area contributed by atoms with E-state index in [4.69, 9.17) is 11.6 Å². The van der Waals surface area contributed by atoms with Crippen LogP contribution in [0.2, 0.25) is 5.02 Å². The zero-order valence-corrected chi connectivity index (χ0v) is 19.9. The second-order valence-electron chi connectivity index (χ2n) is 8.82. The van der Waals surface area contributed by atoms with Gasteiger partial charge in [-0.25, -0.2) is 0 Å². The van der Waals surface area contributed by atoms with Gasteiger partial charge in [-0.15, -0.1) is 0 Å². The summed E-state index contributed by atoms with van der Waals surface area (Å²) < 4.78 is 0. The molecule has 0 bridgehead atoms. The van der Waals surface area contributed by atoms with Crippen LogP contribution < -0.4 is 10.2 Å². The average Bonchev–Trinajstić information content (AvgIpc) is 2.77. The second kappa shape index (κ2) is 9.22. The van der Waals surface area contributed by atoms with Gasteiger partial charge in [-0.1, -0.05) is 42.8 Å². The van der Waals surface area contributed by atoms with Gasteiger partial charge in [-0.3, -0.25) is 4.99 Å². The lowest BCUT2D eigenvalue weighted by atomic mass is 9.88. The van der Waals surface area contributed by atoms with Crippen LogP contribution in [0.25, 0.3) is 5.57 Å². The summed E-state index contributed by atoms with van der Waals surface area (Å²) in [5.74, 6) is 0. The van der Waals surface area contributed by atoms with Gasteiger partial charge in [0.05, 0.1) is 16.2 Å². The Balaban J connectivity index is 1.57. The molecular weight excluding hydrogens is 414 g/mol. The van der Waals surface area contributed by atoms with Crippen LogP contribution in [0, 0.1) is 0 Å². The third-order valence-corrected chi connectivity index (χ3v) is 6.15. The van der Waals surface area contributed by atoms with E-state index in [0.29, 0.717) is 0 Å². The first-order valence-electron chi connectivity index (χ1n) is 11.1. The predicted octanol–water partition coefficient (Wildman–Crippen LogP) is 8.25. The summed E-state index contributed by atoms with van der Waals surface area (Å²) >= 11 is 6.70. The highest BCUT2D eigenvalue weighted by Gasteiger charge is 2.31. The van der Waals surface area contributed by atoms with Crippen molar-refractivity contribution in [1.82, 2.24) is 0 Å². The van der Waals surface area contributed by atoms with Crippen LogP contribution in [0.1, 0.15) is 45.2 Å². The van der Waals surface area contributed by atoms with Crippen molar-refractivity contribution in [3.8, 4) is 0 Å². The minimum atomic E-state index is -0.0262. The third kappa shape index (κ3) is 4.73. The highest BCUT2D eigenvalue weighted by Crippen LogP contribution is 2.41. The second-order valence-corrected chi connectivity index (χ2v) is 9.23. The lowest BCUT2D eigenvalue weighted by Crippen LogP contribution is -2.45. The number of nitrogens with one attached hydrogen (secondary N) is 1. The molecule has 3 nitrogen and oxygen atoms in total. The molecule has 0 atom stereocenters. The number of nitrogens with zero attached hydrogens (tertiary/aromatic N) is 2. The summed E-state index contributed by atoms with van der Waals surface area (Å²) in [4.78, 5) is 7.12. The summed E-state index contributed by atoms with van der Waals surface area (Å²) in [5.41, 5.74) is 7.59. The molecule has 0 saturated heterocycles. The van der Waals surface area contributed by atoms with Crippen LogP contribution >= 0.6 is 11.6 Å². The van der Waals surface area contributed by atoms with Crippen LogP contribution in [0.3, 0.4) is 0 Å². The maximum absolute atomic E-state index is 6.70. The third-order valence-electron chi connectivity index (χ3n) is 5.83. The molecule has 0 unspecified atom stereocenters. The molecule has 4 rings (SSSR count). The topological polar surface area (TPSA) is 27.6 Å². The number of para-hydroxylation sites is 1. The maximum Gasteiger partial charge on any atom is 0.0631 e. The molecule has 0 radical (unpaired) electrons. The molecule has 0 spiro atoms. The standard InChI is InChI=1S/C28H30ClN3/c1-5-15-32-27-17-26(29)21(16-25(27)20(2)18-28(32,3)4)19-30-22-11-13-24(14-12-22)31-23-9-7-6-8-10-23/h6-14,16-19,31H,5,15H2,1-4H3. The molecule has 0 amide bonds. The number of fused-ring (bicyclic) bond motifs is 1. The number of hydrogen-bond acceptors (Lipinski definition) is 3. The van der Waals surface area contributed by atoms with Crippen molar-refractivity contribution in [3.63, 3.8) is 0 Å². The SMILES string of the molecule is CCCN1c2cc(Cl)c(C=Nc3ccc(Nc4ccccc4)cc3)cc2C(C)=CC1(C)C. The predicted molar refractivity (Wildman–Crippen MR) is 140 cm³/mol. The molecule has 1 N–H and O–H groups in total. The molecule has 1 aliphatic heterocycles. The summed E-state index contributed by atoms with van der Waals surface area (Å²) in [6.07, 6.45) is 5.30. The van der Waals surface area contributed by atoms with Gasteiger partial charge in [-0.2, -0.15) is 0 Å². The van der Waals surface area contributed by atoms with Crippen molar-refractivity contribution in [1.29, 1.82) is 0 Å². The van der Waals surface area contributed by atoms with E-state index in [2.05, 4.69) is 61.1 Å². The first-order valence-corrected chi connectivity index (χ1v) is 11.5. The van der Waals surface area contributed by atoms with Gasteiger partial charge in [0, 0.05) is 40.9 Å². The van der Waals surface area contributed by atoms with Crippen LogP contribution in [-0.2, 0) is 0 Å². The molecule has 164 valence electrons. The summed E-state index contributed by atoms with van der Waals surface area (Å²) in [6, 6.07) is 22.5. The molecule has 0 saturated carbocycles. The Morgan fingerprint density at radius 1 is 1.00 bits per heavy atom. The van der Waals surface area contributed by atoms with Crippen LogP contribution in [0.5, 0.6) is 0 Å². The van der Waals surface area contributed by atoms with Gasteiger partial charge < -0.3 is 10.2 Å².